The van der Waals surface area contributed by atoms with Gasteiger partial charge in [-0.15, -0.1) is 11.8 Å². The number of benzene rings is 1. The molecule has 5 nitrogen and oxygen atoms in total. The maximum absolute atomic E-state index is 12.4. The molecule has 0 amide bonds. The van der Waals surface area contributed by atoms with Crippen LogP contribution in [0, 0.1) is 34.5 Å². The smallest absolute Gasteiger partial charge is 0.309 e. The van der Waals surface area contributed by atoms with Crippen LogP contribution in [0.4, 0.5) is 0 Å². The van der Waals surface area contributed by atoms with Gasteiger partial charge < -0.3 is 21.1 Å². The first-order chi connectivity index (χ1) is 17.3. The maximum atomic E-state index is 12.4. The highest BCUT2D eigenvalue weighted by molar-refractivity contribution is 7.99. The van der Waals surface area contributed by atoms with Crippen LogP contribution in [0.5, 0.6) is 11.5 Å². The lowest BCUT2D eigenvalue weighted by atomic mass is 9.39. The average molecular weight is 528 g/mol. The summed E-state index contributed by atoms with van der Waals surface area (Å²) in [5.41, 5.74) is 9.93. The van der Waals surface area contributed by atoms with Crippen molar-refractivity contribution in [2.75, 3.05) is 12.3 Å². The molecule has 5 N–H and O–H groups in total. The molecule has 3 saturated carbocycles. The number of phenolic OH excluding ortho intramolecular Hbond substituents is 2. The number of phenols is 2. The van der Waals surface area contributed by atoms with Gasteiger partial charge in [-0.05, 0) is 104 Å². The molecular formula is C31H45NO4S. The minimum Gasteiger partial charge on any atom is -0.504 e. The van der Waals surface area contributed by atoms with Crippen LogP contribution in [-0.2, 0) is 4.79 Å². The highest BCUT2D eigenvalue weighted by Crippen LogP contribution is 2.73. The average Bonchev–Trinajstić information content (AvgIpc) is 2.96. The quantitative estimate of drug-likeness (QED) is 0.247. The van der Waals surface area contributed by atoms with Gasteiger partial charge >= 0.3 is 5.97 Å². The van der Waals surface area contributed by atoms with Crippen LogP contribution in [0.2, 0.25) is 0 Å². The van der Waals surface area contributed by atoms with E-state index in [-0.39, 0.29) is 38.9 Å². The number of aliphatic carboxylic acids is 1. The lowest BCUT2D eigenvalue weighted by Gasteiger charge is -2.65. The molecule has 0 spiro atoms. The predicted octanol–water partition coefficient (Wildman–Crippen LogP) is 7.05. The fourth-order valence-electron chi connectivity index (χ4n) is 9.06. The van der Waals surface area contributed by atoms with E-state index in [4.69, 9.17) is 5.73 Å². The Balaban J connectivity index is 1.66. The summed E-state index contributed by atoms with van der Waals surface area (Å²) < 4.78 is 0. The van der Waals surface area contributed by atoms with E-state index in [1.54, 1.807) is 0 Å². The Kier molecular flexibility index (Phi) is 6.51. The summed E-state index contributed by atoms with van der Waals surface area (Å²) in [5, 5.41) is 31.6. The third-order valence-corrected chi connectivity index (χ3v) is 12.9. The Morgan fingerprint density at radius 1 is 1.11 bits per heavy atom. The summed E-state index contributed by atoms with van der Waals surface area (Å²) in [4.78, 5) is 12.4. The topological polar surface area (TPSA) is 104 Å². The van der Waals surface area contributed by atoms with Crippen LogP contribution >= 0.6 is 11.8 Å². The molecule has 0 aromatic heterocycles. The van der Waals surface area contributed by atoms with Crippen molar-refractivity contribution in [3.8, 4) is 11.5 Å². The Morgan fingerprint density at radius 2 is 1.81 bits per heavy atom. The molecule has 1 aromatic rings. The minimum absolute atomic E-state index is 0.00763. The second-order valence-corrected chi connectivity index (χ2v) is 14.8. The fourth-order valence-corrected chi connectivity index (χ4v) is 10.2. The van der Waals surface area contributed by atoms with Crippen LogP contribution in [-0.4, -0.2) is 33.6 Å². The Hall–Kier alpha value is -1.66. The molecule has 0 saturated heterocycles. The number of hydrogen-bond donors (Lipinski definition) is 4. The van der Waals surface area contributed by atoms with Gasteiger partial charge in [0.15, 0.2) is 11.5 Å². The van der Waals surface area contributed by atoms with Gasteiger partial charge in [0.2, 0.25) is 0 Å². The number of aromatic hydroxyl groups is 2. The van der Waals surface area contributed by atoms with E-state index in [1.807, 2.05) is 31.7 Å². The molecule has 7 atom stereocenters. The van der Waals surface area contributed by atoms with E-state index in [0.717, 1.165) is 73.8 Å². The van der Waals surface area contributed by atoms with Gasteiger partial charge in [-0.2, -0.15) is 0 Å². The van der Waals surface area contributed by atoms with Crippen LogP contribution in [0.25, 0.3) is 0 Å². The van der Waals surface area contributed by atoms with Crippen molar-refractivity contribution in [3.63, 3.8) is 0 Å². The highest BCUT2D eigenvalue weighted by atomic mass is 32.2. The van der Waals surface area contributed by atoms with Crippen LogP contribution in [0.15, 0.2) is 17.7 Å². The van der Waals surface area contributed by atoms with E-state index >= 15 is 0 Å². The van der Waals surface area contributed by atoms with E-state index in [9.17, 15) is 20.1 Å². The zero-order valence-corrected chi connectivity index (χ0v) is 24.0. The summed E-state index contributed by atoms with van der Waals surface area (Å²) in [6.45, 7) is 11.9. The number of thioether (sulfide) groups is 1. The van der Waals surface area contributed by atoms with Gasteiger partial charge in [0.25, 0.3) is 0 Å². The van der Waals surface area contributed by atoms with Crippen molar-refractivity contribution in [1.82, 2.24) is 0 Å². The molecule has 37 heavy (non-hydrogen) atoms. The lowest BCUT2D eigenvalue weighted by Crippen LogP contribution is -2.58. The molecule has 204 valence electrons. The molecule has 0 bridgehead atoms. The SMILES string of the molecule is Cc1c(O)c(O)cc2c1C(SCCN)C=C1[C@@H]2CCC[C@@]2(C)[C@@H]3C[C@](C)(C(=O)O)CC[C@]3(C)CC[C@]12C. The van der Waals surface area contributed by atoms with Gasteiger partial charge in [-0.3, -0.25) is 4.79 Å². The third kappa shape index (κ3) is 3.79. The zero-order valence-electron chi connectivity index (χ0n) is 23.2. The van der Waals surface area contributed by atoms with Gasteiger partial charge in [0, 0.05) is 23.5 Å². The van der Waals surface area contributed by atoms with Crippen LogP contribution < -0.4 is 5.73 Å². The Labute approximate surface area is 226 Å². The predicted molar refractivity (Wildman–Crippen MR) is 150 cm³/mol. The summed E-state index contributed by atoms with van der Waals surface area (Å²) in [7, 11) is 0. The minimum atomic E-state index is -0.662. The highest BCUT2D eigenvalue weighted by Gasteiger charge is 2.64. The van der Waals surface area contributed by atoms with Crippen molar-refractivity contribution >= 4 is 17.7 Å². The summed E-state index contributed by atoms with van der Waals surface area (Å²) >= 11 is 1.82. The summed E-state index contributed by atoms with van der Waals surface area (Å²) in [5.74, 6) is 0.692. The molecule has 1 unspecified atom stereocenters. The van der Waals surface area contributed by atoms with Crippen molar-refractivity contribution in [2.24, 2.45) is 33.3 Å². The first-order valence-corrected chi connectivity index (χ1v) is 15.2. The number of fused-ring (bicyclic) bond motifs is 7. The van der Waals surface area contributed by atoms with E-state index in [2.05, 4.69) is 26.8 Å². The summed E-state index contributed by atoms with van der Waals surface area (Å²) in [6.07, 6.45) is 10.4. The van der Waals surface area contributed by atoms with Gasteiger partial charge in [-0.25, -0.2) is 0 Å². The number of carboxylic acids is 1. The summed E-state index contributed by atoms with van der Waals surface area (Å²) in [6, 6.07) is 1.83. The number of carbonyl (C=O) groups is 1. The van der Waals surface area contributed by atoms with Gasteiger partial charge in [0.1, 0.15) is 0 Å². The molecule has 4 aliphatic carbocycles. The fraction of sp³-hybridized carbons (Fsp3) is 0.710. The number of nitrogens with two attached hydrogens (primary N) is 1. The van der Waals surface area contributed by atoms with Gasteiger partial charge in [-0.1, -0.05) is 38.8 Å². The third-order valence-electron chi connectivity index (χ3n) is 11.7. The van der Waals surface area contributed by atoms with E-state index in [1.165, 1.54) is 5.57 Å². The lowest BCUT2D eigenvalue weighted by molar-refractivity contribution is -0.170. The Bertz CT molecular complexity index is 1150. The van der Waals surface area contributed by atoms with Crippen LogP contribution in [0.3, 0.4) is 0 Å². The maximum Gasteiger partial charge on any atom is 0.309 e. The van der Waals surface area contributed by atoms with Crippen molar-refractivity contribution < 1.29 is 20.1 Å². The number of hydrogen-bond acceptors (Lipinski definition) is 5. The Morgan fingerprint density at radius 3 is 2.49 bits per heavy atom. The first-order valence-electron chi connectivity index (χ1n) is 14.1. The van der Waals surface area contributed by atoms with Crippen molar-refractivity contribution in [1.29, 1.82) is 0 Å². The standard InChI is InChI=1S/C31H45NO4S/c1-18-25-20(15-22(33)26(18)34)19-7-6-8-31(5)24-17-29(3,27(35)36)10-9-28(24,2)11-12-30(31,4)21(19)16-23(25)37-14-13-32/h15-16,19,23-24,33-34H,6-14,17,32H2,1-5H3,(H,35,36)/t19-,23?,24-,28-,29-,30-,31+/m1/s1. The molecule has 6 heteroatoms. The molecule has 1 aromatic carbocycles. The van der Waals surface area contributed by atoms with Crippen molar-refractivity contribution in [2.45, 2.75) is 97.2 Å². The molecule has 4 aliphatic rings. The number of allylic oxidation sites excluding steroid dienone is 1. The monoisotopic (exact) mass is 527 g/mol. The van der Waals surface area contributed by atoms with Crippen molar-refractivity contribution in [3.05, 3.63) is 34.4 Å². The zero-order chi connectivity index (χ0) is 27.0. The second kappa shape index (κ2) is 8.94. The first kappa shape index (κ1) is 26.9. The molecule has 3 fully saturated rings. The largest absolute Gasteiger partial charge is 0.504 e. The molecule has 5 rings (SSSR count). The van der Waals surface area contributed by atoms with E-state index < -0.39 is 11.4 Å². The molecule has 0 radical (unpaired) electrons. The number of carboxylic acid groups (broad SMARTS) is 1. The van der Waals surface area contributed by atoms with E-state index in [0.29, 0.717) is 12.5 Å². The molecule has 0 aliphatic heterocycles. The second-order valence-electron chi connectivity index (χ2n) is 13.5. The molecular weight excluding hydrogens is 482 g/mol. The van der Waals surface area contributed by atoms with Gasteiger partial charge in [0.05, 0.1) is 5.41 Å². The number of rotatable bonds is 4. The molecule has 0 heterocycles. The van der Waals surface area contributed by atoms with Crippen LogP contribution in [0.1, 0.15) is 107 Å². The normalized spacial score (nSPS) is 40.9.